The quantitative estimate of drug-likeness (QED) is 0.626. The molecule has 0 saturated carbocycles. The number of pyridine rings is 1. The van der Waals surface area contributed by atoms with E-state index in [4.69, 9.17) is 14.0 Å². The van der Waals surface area contributed by atoms with Crippen molar-refractivity contribution in [3.05, 3.63) is 52.9 Å². The molecule has 0 bridgehead atoms. The molecule has 1 unspecified atom stereocenters. The fourth-order valence-electron chi connectivity index (χ4n) is 2.82. The van der Waals surface area contributed by atoms with Gasteiger partial charge in [0.25, 0.3) is 5.89 Å². The SMILES string of the molecule is Cc1[nH]c(C(=O)OC(C)c2nc(-c3cccnc3)no2)c(C)c1C(=O)OC(C)C. The molecule has 3 heterocycles. The molecule has 1 atom stereocenters. The zero-order valence-corrected chi connectivity index (χ0v) is 16.8. The Kier molecular flexibility index (Phi) is 5.76. The normalized spacial score (nSPS) is 12.1. The van der Waals surface area contributed by atoms with Crippen LogP contribution in [-0.2, 0) is 9.47 Å². The summed E-state index contributed by atoms with van der Waals surface area (Å²) in [6.45, 7) is 8.50. The average molecular weight is 398 g/mol. The number of nitrogens with zero attached hydrogens (tertiary/aromatic N) is 3. The second-order valence-corrected chi connectivity index (χ2v) is 6.82. The number of aromatic amines is 1. The number of hydrogen-bond donors (Lipinski definition) is 1. The fourth-order valence-corrected chi connectivity index (χ4v) is 2.82. The van der Waals surface area contributed by atoms with Crippen molar-refractivity contribution in [3.63, 3.8) is 0 Å². The first-order chi connectivity index (χ1) is 13.8. The molecule has 0 aliphatic carbocycles. The van der Waals surface area contributed by atoms with Crippen molar-refractivity contribution < 1.29 is 23.6 Å². The number of ether oxygens (including phenoxy) is 2. The number of hydrogen-bond acceptors (Lipinski definition) is 8. The summed E-state index contributed by atoms with van der Waals surface area (Å²) in [5, 5.41) is 3.89. The van der Waals surface area contributed by atoms with Crippen LogP contribution in [0.4, 0.5) is 0 Å². The monoisotopic (exact) mass is 398 g/mol. The van der Waals surface area contributed by atoms with E-state index in [1.165, 1.54) is 0 Å². The maximum Gasteiger partial charge on any atom is 0.355 e. The minimum Gasteiger partial charge on any atom is -0.459 e. The van der Waals surface area contributed by atoms with E-state index in [0.29, 0.717) is 28.2 Å². The van der Waals surface area contributed by atoms with E-state index in [2.05, 4.69) is 20.1 Å². The van der Waals surface area contributed by atoms with E-state index >= 15 is 0 Å². The lowest BCUT2D eigenvalue weighted by atomic mass is 10.1. The minimum atomic E-state index is -0.783. The zero-order valence-electron chi connectivity index (χ0n) is 16.8. The molecule has 29 heavy (non-hydrogen) atoms. The molecule has 3 rings (SSSR count). The van der Waals surface area contributed by atoms with E-state index < -0.39 is 18.0 Å². The zero-order chi connectivity index (χ0) is 21.1. The summed E-state index contributed by atoms with van der Waals surface area (Å²) in [5.41, 5.74) is 2.19. The summed E-state index contributed by atoms with van der Waals surface area (Å²) >= 11 is 0. The molecule has 1 N–H and O–H groups in total. The highest BCUT2D eigenvalue weighted by molar-refractivity contribution is 5.98. The summed E-state index contributed by atoms with van der Waals surface area (Å²) in [6, 6.07) is 3.55. The van der Waals surface area contributed by atoms with Crippen molar-refractivity contribution in [2.24, 2.45) is 0 Å². The molecule has 0 saturated heterocycles. The van der Waals surface area contributed by atoms with Crippen LogP contribution < -0.4 is 0 Å². The molecule has 0 radical (unpaired) electrons. The third kappa shape index (κ3) is 4.34. The lowest BCUT2D eigenvalue weighted by Crippen LogP contribution is -2.14. The van der Waals surface area contributed by atoms with Gasteiger partial charge in [-0.25, -0.2) is 9.59 Å². The van der Waals surface area contributed by atoms with Crippen LogP contribution in [0.2, 0.25) is 0 Å². The molecule has 9 nitrogen and oxygen atoms in total. The molecule has 0 aliphatic heterocycles. The Morgan fingerprint density at radius 1 is 1.14 bits per heavy atom. The Hall–Kier alpha value is -3.49. The lowest BCUT2D eigenvalue weighted by molar-refractivity contribution is 0.0258. The number of carbonyl (C=O) groups is 2. The molecule has 9 heteroatoms. The average Bonchev–Trinajstić information content (AvgIpc) is 3.27. The Bertz CT molecular complexity index is 1020. The van der Waals surface area contributed by atoms with Gasteiger partial charge in [-0.1, -0.05) is 5.16 Å². The number of aryl methyl sites for hydroxylation is 1. The summed E-state index contributed by atoms with van der Waals surface area (Å²) < 4.78 is 15.9. The van der Waals surface area contributed by atoms with Gasteiger partial charge in [0.1, 0.15) is 5.69 Å². The topological polar surface area (TPSA) is 120 Å². The number of H-pyrrole nitrogens is 1. The largest absolute Gasteiger partial charge is 0.459 e. The van der Waals surface area contributed by atoms with Crippen molar-refractivity contribution in [2.45, 2.75) is 46.8 Å². The first kappa shape index (κ1) is 20.2. The summed E-state index contributed by atoms with van der Waals surface area (Å²) in [6.07, 6.45) is 2.20. The summed E-state index contributed by atoms with van der Waals surface area (Å²) in [5.74, 6) is -0.627. The van der Waals surface area contributed by atoms with Crippen LogP contribution in [0.5, 0.6) is 0 Å². The van der Waals surface area contributed by atoms with Crippen LogP contribution in [0.1, 0.15) is 64.9 Å². The van der Waals surface area contributed by atoms with Gasteiger partial charge in [0.2, 0.25) is 5.82 Å². The smallest absolute Gasteiger partial charge is 0.355 e. The van der Waals surface area contributed by atoms with E-state index in [9.17, 15) is 9.59 Å². The Labute approximate surface area is 167 Å². The van der Waals surface area contributed by atoms with Gasteiger partial charge < -0.3 is 19.0 Å². The van der Waals surface area contributed by atoms with Gasteiger partial charge in [-0.15, -0.1) is 0 Å². The number of carbonyl (C=O) groups excluding carboxylic acids is 2. The first-order valence-corrected chi connectivity index (χ1v) is 9.13. The molecule has 0 amide bonds. The van der Waals surface area contributed by atoms with Crippen LogP contribution in [0.25, 0.3) is 11.4 Å². The number of aromatic nitrogens is 4. The molecule has 3 aromatic rings. The Morgan fingerprint density at radius 2 is 1.90 bits per heavy atom. The number of rotatable bonds is 6. The van der Waals surface area contributed by atoms with Crippen molar-refractivity contribution in [1.82, 2.24) is 20.1 Å². The van der Waals surface area contributed by atoms with Crippen LogP contribution >= 0.6 is 0 Å². The van der Waals surface area contributed by atoms with Crippen LogP contribution in [-0.4, -0.2) is 38.2 Å². The maximum atomic E-state index is 12.6. The molecular formula is C20H22N4O5. The van der Waals surface area contributed by atoms with Crippen molar-refractivity contribution in [1.29, 1.82) is 0 Å². The van der Waals surface area contributed by atoms with E-state index in [1.807, 2.05) is 0 Å². The number of nitrogens with one attached hydrogen (secondary N) is 1. The molecule has 0 fully saturated rings. The second-order valence-electron chi connectivity index (χ2n) is 6.82. The minimum absolute atomic E-state index is 0.151. The van der Waals surface area contributed by atoms with Gasteiger partial charge in [-0.3, -0.25) is 4.98 Å². The van der Waals surface area contributed by atoms with Crippen LogP contribution in [0.3, 0.4) is 0 Å². The molecule has 0 spiro atoms. The van der Waals surface area contributed by atoms with Gasteiger partial charge in [-0.2, -0.15) is 4.98 Å². The number of esters is 2. The Balaban J connectivity index is 1.75. The molecule has 3 aromatic heterocycles. The first-order valence-electron chi connectivity index (χ1n) is 9.13. The summed E-state index contributed by atoms with van der Waals surface area (Å²) in [4.78, 5) is 36.1. The van der Waals surface area contributed by atoms with E-state index in [-0.39, 0.29) is 17.7 Å². The molecule has 152 valence electrons. The van der Waals surface area contributed by atoms with E-state index in [0.717, 1.165) is 0 Å². The highest BCUT2D eigenvalue weighted by Crippen LogP contribution is 2.24. The van der Waals surface area contributed by atoms with Crippen LogP contribution in [0.15, 0.2) is 29.0 Å². The standard InChI is InChI=1S/C20H22N4O5/c1-10(2)27-19(25)15-11(3)16(22-12(15)4)20(26)28-13(5)18-23-17(24-29-18)14-7-6-8-21-9-14/h6-10,13,22H,1-5H3. The van der Waals surface area contributed by atoms with Gasteiger partial charge >= 0.3 is 11.9 Å². The summed E-state index contributed by atoms with van der Waals surface area (Å²) in [7, 11) is 0. The molecule has 0 aliphatic rings. The maximum absolute atomic E-state index is 12.6. The lowest BCUT2D eigenvalue weighted by Gasteiger charge is -2.09. The predicted octanol–water partition coefficient (Wildman–Crippen LogP) is 3.56. The highest BCUT2D eigenvalue weighted by Gasteiger charge is 2.27. The van der Waals surface area contributed by atoms with Gasteiger partial charge in [0.05, 0.1) is 11.7 Å². The third-order valence-corrected chi connectivity index (χ3v) is 4.18. The van der Waals surface area contributed by atoms with Gasteiger partial charge in [0, 0.05) is 23.7 Å². The molecule has 0 aromatic carbocycles. The second kappa shape index (κ2) is 8.26. The fraction of sp³-hybridized carbons (Fsp3) is 0.350. The van der Waals surface area contributed by atoms with Crippen molar-refractivity contribution in [2.75, 3.05) is 0 Å². The predicted molar refractivity (Wildman–Crippen MR) is 102 cm³/mol. The molecular weight excluding hydrogens is 376 g/mol. The van der Waals surface area contributed by atoms with Crippen molar-refractivity contribution >= 4 is 11.9 Å². The van der Waals surface area contributed by atoms with Gasteiger partial charge in [0.15, 0.2) is 6.10 Å². The van der Waals surface area contributed by atoms with Crippen LogP contribution in [0, 0.1) is 13.8 Å². The van der Waals surface area contributed by atoms with Crippen molar-refractivity contribution in [3.8, 4) is 11.4 Å². The Morgan fingerprint density at radius 3 is 2.55 bits per heavy atom. The van der Waals surface area contributed by atoms with E-state index in [1.54, 1.807) is 59.1 Å². The highest BCUT2D eigenvalue weighted by atomic mass is 16.6. The third-order valence-electron chi connectivity index (χ3n) is 4.18. The van der Waals surface area contributed by atoms with Gasteiger partial charge in [-0.05, 0) is 52.3 Å².